The van der Waals surface area contributed by atoms with E-state index in [1.165, 1.54) is 22.3 Å². The Balaban J connectivity index is 1.38. The Kier molecular flexibility index (Phi) is 7.83. The summed E-state index contributed by atoms with van der Waals surface area (Å²) < 4.78 is 6.23. The van der Waals surface area contributed by atoms with Gasteiger partial charge in [-0.25, -0.2) is 0 Å². The van der Waals surface area contributed by atoms with Crippen molar-refractivity contribution in [3.63, 3.8) is 0 Å². The number of pyridine rings is 2. The number of aryl methyl sites for hydroxylation is 1. The maximum absolute atomic E-state index is 6.23. The summed E-state index contributed by atoms with van der Waals surface area (Å²) in [6.07, 6.45) is 4.62. The van der Waals surface area contributed by atoms with Crippen molar-refractivity contribution >= 4 is 0 Å². The SMILES string of the molecule is Cc1ccccc1-c1cccc(OCCCN(Cc2ccccn2)Cc2ccccn2)c1C. The molecule has 0 bridgehead atoms. The van der Waals surface area contributed by atoms with Gasteiger partial charge in [0, 0.05) is 32.0 Å². The second-order valence-corrected chi connectivity index (χ2v) is 8.30. The van der Waals surface area contributed by atoms with E-state index in [1.807, 2.05) is 36.7 Å². The van der Waals surface area contributed by atoms with Gasteiger partial charge in [-0.3, -0.25) is 14.9 Å². The van der Waals surface area contributed by atoms with Crippen molar-refractivity contribution in [1.82, 2.24) is 14.9 Å². The molecule has 0 saturated heterocycles. The van der Waals surface area contributed by atoms with Gasteiger partial charge in [0.25, 0.3) is 0 Å². The highest BCUT2D eigenvalue weighted by molar-refractivity contribution is 5.72. The third-order valence-corrected chi connectivity index (χ3v) is 5.82. The van der Waals surface area contributed by atoms with E-state index < -0.39 is 0 Å². The van der Waals surface area contributed by atoms with Crippen molar-refractivity contribution in [1.29, 1.82) is 0 Å². The fourth-order valence-electron chi connectivity index (χ4n) is 4.06. The Bertz CT molecular complexity index is 1100. The molecule has 2 aromatic carbocycles. The molecular weight excluding hydrogens is 406 g/mol. The first-order valence-corrected chi connectivity index (χ1v) is 11.5. The van der Waals surface area contributed by atoms with Crippen LogP contribution in [0.1, 0.15) is 28.9 Å². The molecule has 33 heavy (non-hydrogen) atoms. The Morgan fingerprint density at radius 1 is 0.697 bits per heavy atom. The minimum Gasteiger partial charge on any atom is -0.493 e. The molecule has 0 aliphatic heterocycles. The Morgan fingerprint density at radius 3 is 1.97 bits per heavy atom. The molecule has 0 aliphatic carbocycles. The summed E-state index contributed by atoms with van der Waals surface area (Å²) >= 11 is 0. The first kappa shape index (κ1) is 22.7. The highest BCUT2D eigenvalue weighted by Gasteiger charge is 2.11. The molecule has 0 amide bonds. The molecule has 4 nitrogen and oxygen atoms in total. The number of benzene rings is 2. The van der Waals surface area contributed by atoms with E-state index >= 15 is 0 Å². The lowest BCUT2D eigenvalue weighted by atomic mass is 9.96. The zero-order valence-electron chi connectivity index (χ0n) is 19.4. The highest BCUT2D eigenvalue weighted by atomic mass is 16.5. The molecule has 4 rings (SSSR count). The van der Waals surface area contributed by atoms with Crippen molar-refractivity contribution in [3.05, 3.63) is 114 Å². The zero-order valence-corrected chi connectivity index (χ0v) is 19.4. The lowest BCUT2D eigenvalue weighted by molar-refractivity contribution is 0.217. The smallest absolute Gasteiger partial charge is 0.122 e. The maximum Gasteiger partial charge on any atom is 0.122 e. The Labute approximate surface area is 196 Å². The molecule has 0 radical (unpaired) electrons. The van der Waals surface area contributed by atoms with E-state index in [9.17, 15) is 0 Å². The molecule has 4 aromatic rings. The van der Waals surface area contributed by atoms with Gasteiger partial charge in [-0.15, -0.1) is 0 Å². The van der Waals surface area contributed by atoms with Crippen molar-refractivity contribution in [2.24, 2.45) is 0 Å². The van der Waals surface area contributed by atoms with Crippen LogP contribution in [0.2, 0.25) is 0 Å². The minimum absolute atomic E-state index is 0.666. The summed E-state index contributed by atoms with van der Waals surface area (Å²) in [5, 5.41) is 0. The van der Waals surface area contributed by atoms with Gasteiger partial charge in [0.05, 0.1) is 18.0 Å². The molecule has 0 N–H and O–H groups in total. The molecule has 2 aromatic heterocycles. The molecular formula is C29H31N3O. The summed E-state index contributed by atoms with van der Waals surface area (Å²) in [7, 11) is 0. The Morgan fingerprint density at radius 2 is 1.33 bits per heavy atom. The summed E-state index contributed by atoms with van der Waals surface area (Å²) in [6, 6.07) is 26.9. The van der Waals surface area contributed by atoms with Crippen LogP contribution in [0.25, 0.3) is 11.1 Å². The average Bonchev–Trinajstić information content (AvgIpc) is 2.84. The molecule has 0 aliphatic rings. The monoisotopic (exact) mass is 437 g/mol. The van der Waals surface area contributed by atoms with E-state index in [1.54, 1.807) is 0 Å². The van der Waals surface area contributed by atoms with Gasteiger partial charge in [-0.1, -0.05) is 48.5 Å². The van der Waals surface area contributed by atoms with Gasteiger partial charge in [0.15, 0.2) is 0 Å². The van der Waals surface area contributed by atoms with Crippen LogP contribution in [0.4, 0.5) is 0 Å². The van der Waals surface area contributed by atoms with Gasteiger partial charge in [0.2, 0.25) is 0 Å². The molecule has 0 unspecified atom stereocenters. The van der Waals surface area contributed by atoms with Crippen LogP contribution in [0.5, 0.6) is 5.75 Å². The number of hydrogen-bond acceptors (Lipinski definition) is 4. The summed E-state index contributed by atoms with van der Waals surface area (Å²) in [5.74, 6) is 0.955. The van der Waals surface area contributed by atoms with Gasteiger partial charge in [-0.05, 0) is 72.9 Å². The van der Waals surface area contributed by atoms with Crippen molar-refractivity contribution in [2.75, 3.05) is 13.2 Å². The van der Waals surface area contributed by atoms with E-state index in [0.29, 0.717) is 6.61 Å². The third kappa shape index (κ3) is 6.27. The second-order valence-electron chi connectivity index (χ2n) is 8.30. The minimum atomic E-state index is 0.666. The third-order valence-electron chi connectivity index (χ3n) is 5.82. The molecule has 0 spiro atoms. The summed E-state index contributed by atoms with van der Waals surface area (Å²) in [5.41, 5.74) is 7.09. The molecule has 4 heteroatoms. The van der Waals surface area contributed by atoms with Crippen LogP contribution in [0, 0.1) is 13.8 Å². The molecule has 2 heterocycles. The van der Waals surface area contributed by atoms with Gasteiger partial charge < -0.3 is 4.74 Å². The van der Waals surface area contributed by atoms with E-state index in [2.05, 4.69) is 83.3 Å². The van der Waals surface area contributed by atoms with Crippen molar-refractivity contribution in [2.45, 2.75) is 33.4 Å². The fourth-order valence-corrected chi connectivity index (χ4v) is 4.06. The van der Waals surface area contributed by atoms with Crippen LogP contribution in [-0.4, -0.2) is 28.0 Å². The molecule has 168 valence electrons. The number of rotatable bonds is 10. The molecule has 0 atom stereocenters. The largest absolute Gasteiger partial charge is 0.493 e. The highest BCUT2D eigenvalue weighted by Crippen LogP contribution is 2.31. The van der Waals surface area contributed by atoms with Crippen molar-refractivity contribution < 1.29 is 4.74 Å². The lowest BCUT2D eigenvalue weighted by Gasteiger charge is -2.22. The predicted molar refractivity (Wildman–Crippen MR) is 134 cm³/mol. The first-order chi connectivity index (χ1) is 16.2. The number of nitrogens with zero attached hydrogens (tertiary/aromatic N) is 3. The molecule has 0 saturated carbocycles. The van der Waals surface area contributed by atoms with Crippen LogP contribution >= 0.6 is 0 Å². The van der Waals surface area contributed by atoms with E-state index in [-0.39, 0.29) is 0 Å². The van der Waals surface area contributed by atoms with Gasteiger partial charge >= 0.3 is 0 Å². The van der Waals surface area contributed by atoms with Crippen LogP contribution < -0.4 is 4.74 Å². The Hall–Kier alpha value is -3.50. The number of ether oxygens (including phenoxy) is 1. The topological polar surface area (TPSA) is 38.2 Å². The lowest BCUT2D eigenvalue weighted by Crippen LogP contribution is -2.26. The first-order valence-electron chi connectivity index (χ1n) is 11.5. The summed E-state index contributed by atoms with van der Waals surface area (Å²) in [4.78, 5) is 11.4. The quantitative estimate of drug-likeness (QED) is 0.276. The van der Waals surface area contributed by atoms with Crippen LogP contribution in [-0.2, 0) is 13.1 Å². The average molecular weight is 438 g/mol. The standard InChI is InChI=1S/C29H31N3O/c1-23-11-3-4-14-27(23)28-15-9-16-29(24(28)2)33-20-10-19-32(21-25-12-5-7-17-30-25)22-26-13-6-8-18-31-26/h3-9,11-18H,10,19-22H2,1-2H3. The van der Waals surface area contributed by atoms with Crippen molar-refractivity contribution in [3.8, 4) is 16.9 Å². The predicted octanol–water partition coefficient (Wildman–Crippen LogP) is 6.23. The van der Waals surface area contributed by atoms with E-state index in [0.717, 1.165) is 43.2 Å². The van der Waals surface area contributed by atoms with E-state index in [4.69, 9.17) is 4.74 Å². The maximum atomic E-state index is 6.23. The fraction of sp³-hybridized carbons (Fsp3) is 0.241. The number of hydrogen-bond donors (Lipinski definition) is 0. The zero-order chi connectivity index (χ0) is 22.9. The number of aromatic nitrogens is 2. The summed E-state index contributed by atoms with van der Waals surface area (Å²) in [6.45, 7) is 7.45. The van der Waals surface area contributed by atoms with Gasteiger partial charge in [-0.2, -0.15) is 0 Å². The van der Waals surface area contributed by atoms with Crippen LogP contribution in [0.15, 0.2) is 91.3 Å². The van der Waals surface area contributed by atoms with Gasteiger partial charge in [0.1, 0.15) is 5.75 Å². The second kappa shape index (κ2) is 11.4. The molecule has 0 fully saturated rings. The van der Waals surface area contributed by atoms with Crippen LogP contribution in [0.3, 0.4) is 0 Å². The normalized spacial score (nSPS) is 11.0.